The molecule has 5 aromatic heterocycles. The van der Waals surface area contributed by atoms with Gasteiger partial charge in [-0.3, -0.25) is 0 Å². The molecule has 0 bridgehead atoms. The summed E-state index contributed by atoms with van der Waals surface area (Å²) in [4.78, 5) is 0. The molecule has 15 nitrogen and oxygen atoms in total. The molecule has 0 fully saturated rings. The summed E-state index contributed by atoms with van der Waals surface area (Å²) in [6.45, 7) is 12.1. The Kier molecular flexibility index (Phi) is 54.8. The number of hydrogen-bond donors (Lipinski definition) is 5. The summed E-state index contributed by atoms with van der Waals surface area (Å²) in [6, 6.07) is 0. The van der Waals surface area contributed by atoms with Crippen LogP contribution in [0.4, 0.5) is 0 Å². The molecule has 284 valence electrons. The number of halogens is 8. The maximum atomic E-state index is 5.27. The van der Waals surface area contributed by atoms with Gasteiger partial charge in [-0.05, 0) is 34.6 Å². The third-order valence-electron chi connectivity index (χ3n) is 3.71. The Morgan fingerprint density at radius 2 is 0.417 bits per heavy atom. The number of nitrogens with zero attached hydrogens (tertiary/aromatic N) is 10. The number of hydrogen-bond acceptors (Lipinski definition) is 20. The highest BCUT2D eigenvalue weighted by Crippen LogP contribution is 2.07. The molecule has 0 aliphatic heterocycles. The van der Waals surface area contributed by atoms with Crippen molar-refractivity contribution in [1.82, 2.24) is 51.0 Å². The Bertz CT molecular complexity index is 1120. The molecule has 0 aliphatic rings. The Hall–Kier alpha value is -0.0800. The molecule has 5 heterocycles. The summed E-state index contributed by atoms with van der Waals surface area (Å²) in [5.41, 5.74) is 26.4. The van der Waals surface area contributed by atoms with Crippen molar-refractivity contribution in [2.45, 2.75) is 67.3 Å². The lowest BCUT2D eigenvalue weighted by Crippen LogP contribution is -1.94. The van der Waals surface area contributed by atoms with Crippen LogP contribution in [0.15, 0.2) is 0 Å². The minimum atomic E-state index is 0. The van der Waals surface area contributed by atoms with Crippen molar-refractivity contribution in [2.24, 2.45) is 28.7 Å². The Morgan fingerprint density at radius 1 is 0.292 bits per heavy atom. The summed E-state index contributed by atoms with van der Waals surface area (Å²) in [7, 11) is 0. The van der Waals surface area contributed by atoms with Gasteiger partial charge in [-0.2, -0.15) is 0 Å². The van der Waals surface area contributed by atoms with Crippen molar-refractivity contribution in [3.8, 4) is 0 Å². The van der Waals surface area contributed by atoms with Gasteiger partial charge in [-0.25, -0.2) is 0 Å². The van der Waals surface area contributed by atoms with E-state index in [0.717, 1.165) is 50.1 Å². The molecular formula is C20H43Cl8N15S5. The molecule has 0 aliphatic carbocycles. The van der Waals surface area contributed by atoms with Crippen LogP contribution in [0.5, 0.6) is 0 Å². The van der Waals surface area contributed by atoms with Gasteiger partial charge in [0.15, 0.2) is 0 Å². The minimum absolute atomic E-state index is 0. The van der Waals surface area contributed by atoms with Crippen LogP contribution in [0.3, 0.4) is 0 Å². The number of rotatable bonds is 5. The molecule has 0 unspecified atom stereocenters. The van der Waals surface area contributed by atoms with E-state index < -0.39 is 0 Å². The smallest absolute Gasteiger partial charge is 0.131 e. The van der Waals surface area contributed by atoms with Crippen LogP contribution in [-0.4, -0.2) is 51.0 Å². The maximum absolute atomic E-state index is 5.27. The molecule has 48 heavy (non-hydrogen) atoms. The van der Waals surface area contributed by atoms with E-state index in [2.05, 4.69) is 51.0 Å². The highest BCUT2D eigenvalue weighted by molar-refractivity contribution is 7.12. The van der Waals surface area contributed by atoms with Crippen LogP contribution in [0, 0.1) is 34.6 Å². The van der Waals surface area contributed by atoms with E-state index in [1.54, 1.807) is 56.7 Å². The van der Waals surface area contributed by atoms with Gasteiger partial charge in [-0.15, -0.1) is 207 Å². The quantitative estimate of drug-likeness (QED) is 0.157. The number of aryl methyl sites for hydroxylation is 5. The molecule has 0 saturated heterocycles. The standard InChI is InChI=1S/5C4H7N3S.8ClH/c5*1-3-6-7-4(2-5)8-3;;;;;;;;/h5*2,5H2,1H3;8*1H. The summed E-state index contributed by atoms with van der Waals surface area (Å²) in [5, 5.41) is 47.2. The first-order chi connectivity index (χ1) is 19.1. The van der Waals surface area contributed by atoms with Gasteiger partial charge in [0.05, 0.1) is 0 Å². The lowest BCUT2D eigenvalue weighted by molar-refractivity contribution is 0.945. The fraction of sp³-hybridized carbons (Fsp3) is 0.500. The second kappa shape index (κ2) is 39.7. The molecule has 10 N–H and O–H groups in total. The molecule has 0 aromatic carbocycles. The first kappa shape index (κ1) is 66.2. The molecule has 0 spiro atoms. The molecule has 0 saturated carbocycles. The van der Waals surface area contributed by atoms with Crippen molar-refractivity contribution in [3.63, 3.8) is 0 Å². The summed E-state index contributed by atoms with van der Waals surface area (Å²) in [5.74, 6) is 0. The number of aromatic nitrogens is 10. The fourth-order valence-corrected chi connectivity index (χ4v) is 5.04. The maximum Gasteiger partial charge on any atom is 0.131 e. The van der Waals surface area contributed by atoms with Crippen molar-refractivity contribution in [1.29, 1.82) is 0 Å². The van der Waals surface area contributed by atoms with Crippen molar-refractivity contribution in [3.05, 3.63) is 50.1 Å². The molecule has 5 aromatic rings. The molecule has 5 rings (SSSR count). The Balaban J connectivity index is -0.0000000667. The lowest BCUT2D eigenvalue weighted by atomic mass is 10.7. The van der Waals surface area contributed by atoms with Gasteiger partial charge in [0.25, 0.3) is 0 Å². The van der Waals surface area contributed by atoms with Crippen LogP contribution < -0.4 is 28.7 Å². The van der Waals surface area contributed by atoms with Gasteiger partial charge in [0, 0.05) is 32.7 Å². The van der Waals surface area contributed by atoms with E-state index >= 15 is 0 Å². The van der Waals surface area contributed by atoms with Crippen molar-refractivity contribution >= 4 is 156 Å². The monoisotopic (exact) mass is 933 g/mol. The van der Waals surface area contributed by atoms with E-state index in [1.165, 1.54) is 0 Å². The molecule has 28 heteroatoms. The van der Waals surface area contributed by atoms with Crippen LogP contribution in [0.25, 0.3) is 0 Å². The van der Waals surface area contributed by atoms with Gasteiger partial charge in [-0.1, -0.05) is 0 Å². The largest absolute Gasteiger partial charge is 0.324 e. The fourth-order valence-electron chi connectivity index (χ4n) is 2.10. The Labute approximate surface area is 349 Å². The average molecular weight is 938 g/mol. The summed E-state index contributed by atoms with van der Waals surface area (Å²) < 4.78 is 0. The Morgan fingerprint density at radius 3 is 0.458 bits per heavy atom. The summed E-state index contributed by atoms with van der Waals surface area (Å²) >= 11 is 7.70. The zero-order valence-corrected chi connectivity index (χ0v) is 36.8. The SMILES string of the molecule is Cc1nnc(CN)s1.Cc1nnc(CN)s1.Cc1nnc(CN)s1.Cc1nnc(CN)s1.Cc1nnc(CN)s1.Cl.Cl.Cl.Cl.Cl.Cl.Cl.Cl. The highest BCUT2D eigenvalue weighted by atomic mass is 35.5. The van der Waals surface area contributed by atoms with Gasteiger partial charge < -0.3 is 28.7 Å². The topological polar surface area (TPSA) is 259 Å². The van der Waals surface area contributed by atoms with E-state index in [4.69, 9.17) is 28.7 Å². The summed E-state index contributed by atoms with van der Waals surface area (Å²) in [6.07, 6.45) is 0. The van der Waals surface area contributed by atoms with E-state index in [1.807, 2.05) is 34.6 Å². The normalized spacial score (nSPS) is 8.12. The number of nitrogens with two attached hydrogens (primary N) is 5. The first-order valence-electron chi connectivity index (χ1n) is 11.6. The third kappa shape index (κ3) is 30.7. The molecule has 0 radical (unpaired) electrons. The second-order valence-electron chi connectivity index (χ2n) is 7.09. The zero-order valence-electron chi connectivity index (χ0n) is 26.2. The molecule has 0 amide bonds. The second-order valence-corrected chi connectivity index (χ2v) is 13.4. The van der Waals surface area contributed by atoms with Crippen LogP contribution in [0.1, 0.15) is 50.1 Å². The predicted molar refractivity (Wildman–Crippen MR) is 221 cm³/mol. The predicted octanol–water partition coefficient (Wildman–Crippen LogP) is 4.90. The third-order valence-corrected chi connectivity index (χ3v) is 8.02. The first-order valence-corrected chi connectivity index (χ1v) is 15.7. The lowest BCUT2D eigenvalue weighted by Gasteiger charge is -1.76. The highest BCUT2D eigenvalue weighted by Gasteiger charge is 1.96. The average Bonchev–Trinajstić information content (AvgIpc) is 3.79. The van der Waals surface area contributed by atoms with Crippen LogP contribution in [-0.2, 0) is 32.7 Å². The molecular weight excluding hydrogens is 894 g/mol. The zero-order chi connectivity index (χ0) is 29.9. The minimum Gasteiger partial charge on any atom is -0.324 e. The van der Waals surface area contributed by atoms with Crippen LogP contribution in [0.2, 0.25) is 0 Å². The van der Waals surface area contributed by atoms with E-state index in [-0.39, 0.29) is 99.3 Å². The van der Waals surface area contributed by atoms with Gasteiger partial charge >= 0.3 is 0 Å². The van der Waals surface area contributed by atoms with Crippen molar-refractivity contribution in [2.75, 3.05) is 0 Å². The van der Waals surface area contributed by atoms with E-state index in [0.29, 0.717) is 32.7 Å². The van der Waals surface area contributed by atoms with E-state index in [9.17, 15) is 0 Å². The van der Waals surface area contributed by atoms with Gasteiger partial charge in [0.2, 0.25) is 0 Å². The van der Waals surface area contributed by atoms with Gasteiger partial charge in [0.1, 0.15) is 50.1 Å². The van der Waals surface area contributed by atoms with Crippen LogP contribution >= 0.6 is 156 Å². The molecule has 0 atom stereocenters. The van der Waals surface area contributed by atoms with Crippen molar-refractivity contribution < 1.29 is 0 Å².